The third kappa shape index (κ3) is 4.86. The van der Waals surface area contributed by atoms with Crippen LogP contribution in [0.1, 0.15) is 21.6 Å². The van der Waals surface area contributed by atoms with Gasteiger partial charge in [-0.25, -0.2) is 5.43 Å². The highest BCUT2D eigenvalue weighted by Crippen LogP contribution is 2.23. The van der Waals surface area contributed by atoms with E-state index in [0.717, 1.165) is 27.5 Å². The lowest BCUT2D eigenvalue weighted by Crippen LogP contribution is -2.18. The molecule has 6 heteroatoms. The first-order valence-corrected chi connectivity index (χ1v) is 10.9. The van der Waals surface area contributed by atoms with Gasteiger partial charge in [0.05, 0.1) is 11.9 Å². The smallest absolute Gasteiger partial charge is 0.289 e. The number of nitrogens with zero attached hydrogens (tertiary/aromatic N) is 2. The van der Waals surface area contributed by atoms with Crippen LogP contribution in [0.5, 0.6) is 5.75 Å². The fraction of sp³-hybridized carbons (Fsp3) is 0.0357. The van der Waals surface area contributed by atoms with Crippen LogP contribution in [0.3, 0.4) is 0 Å². The standard InChI is InChI=1S/C28H22N4O2/c33-28(26-17-25(30-31-26)23-15-14-21-10-4-5-11-22(21)16-23)32-29-18-24-12-6-7-13-27(24)34-19-20-8-2-1-3-9-20/h1-18H,19H2,(H,30,31)(H,32,33)/b29-18-. The van der Waals surface area contributed by atoms with E-state index in [1.165, 1.54) is 0 Å². The highest BCUT2D eigenvalue weighted by molar-refractivity contribution is 5.95. The van der Waals surface area contributed by atoms with E-state index in [2.05, 4.69) is 38.9 Å². The number of H-pyrrole nitrogens is 1. The summed E-state index contributed by atoms with van der Waals surface area (Å²) in [6, 6.07) is 33.4. The summed E-state index contributed by atoms with van der Waals surface area (Å²) in [5, 5.41) is 13.5. The molecule has 1 heterocycles. The number of hydrogen-bond acceptors (Lipinski definition) is 4. The molecule has 166 valence electrons. The van der Waals surface area contributed by atoms with Crippen molar-refractivity contribution >= 4 is 22.9 Å². The molecule has 0 bridgehead atoms. The van der Waals surface area contributed by atoms with E-state index >= 15 is 0 Å². The van der Waals surface area contributed by atoms with E-state index in [1.54, 1.807) is 12.3 Å². The van der Waals surface area contributed by atoms with E-state index in [1.807, 2.05) is 78.9 Å². The van der Waals surface area contributed by atoms with E-state index in [-0.39, 0.29) is 5.91 Å². The number of para-hydroxylation sites is 1. The molecular weight excluding hydrogens is 424 g/mol. The molecule has 0 aliphatic carbocycles. The number of carbonyl (C=O) groups excluding carboxylic acids is 1. The van der Waals surface area contributed by atoms with Gasteiger partial charge in [-0.2, -0.15) is 10.2 Å². The summed E-state index contributed by atoms with van der Waals surface area (Å²) in [6.07, 6.45) is 1.57. The zero-order valence-electron chi connectivity index (χ0n) is 18.3. The Morgan fingerprint density at radius 3 is 2.53 bits per heavy atom. The van der Waals surface area contributed by atoms with Crippen LogP contribution in [0.25, 0.3) is 22.0 Å². The lowest BCUT2D eigenvalue weighted by molar-refractivity contribution is 0.0950. The van der Waals surface area contributed by atoms with Gasteiger partial charge in [-0.3, -0.25) is 9.89 Å². The molecule has 0 spiro atoms. The Morgan fingerprint density at radius 1 is 0.882 bits per heavy atom. The fourth-order valence-electron chi connectivity index (χ4n) is 3.61. The quantitative estimate of drug-likeness (QED) is 0.253. The van der Waals surface area contributed by atoms with Crippen molar-refractivity contribution in [3.8, 4) is 17.0 Å². The van der Waals surface area contributed by atoms with Gasteiger partial charge in [-0.1, -0.05) is 78.9 Å². The highest BCUT2D eigenvalue weighted by Gasteiger charge is 2.11. The third-order valence-corrected chi connectivity index (χ3v) is 5.39. The molecule has 0 aliphatic heterocycles. The maximum Gasteiger partial charge on any atom is 0.289 e. The van der Waals surface area contributed by atoms with Crippen LogP contribution < -0.4 is 10.2 Å². The van der Waals surface area contributed by atoms with Gasteiger partial charge in [-0.15, -0.1) is 0 Å². The first kappa shape index (κ1) is 21.2. The molecular formula is C28H22N4O2. The van der Waals surface area contributed by atoms with Crippen molar-refractivity contribution in [2.45, 2.75) is 6.61 Å². The van der Waals surface area contributed by atoms with Gasteiger partial charge in [0, 0.05) is 11.1 Å². The predicted octanol–water partition coefficient (Wildman–Crippen LogP) is 5.57. The number of ether oxygens (including phenoxy) is 1. The van der Waals surface area contributed by atoms with E-state index in [9.17, 15) is 4.79 Å². The average molecular weight is 447 g/mol. The molecule has 0 fully saturated rings. The molecule has 0 atom stereocenters. The number of aromatic amines is 1. The van der Waals surface area contributed by atoms with Crippen molar-refractivity contribution in [3.63, 3.8) is 0 Å². The van der Waals surface area contributed by atoms with E-state index in [0.29, 0.717) is 23.7 Å². The summed E-state index contributed by atoms with van der Waals surface area (Å²) in [5.41, 5.74) is 6.34. The molecule has 6 nitrogen and oxygen atoms in total. The number of rotatable bonds is 7. The van der Waals surface area contributed by atoms with Crippen molar-refractivity contribution in [2.24, 2.45) is 5.10 Å². The Labute approximate surface area is 196 Å². The minimum absolute atomic E-state index is 0.328. The van der Waals surface area contributed by atoms with Gasteiger partial charge in [-0.05, 0) is 40.6 Å². The minimum Gasteiger partial charge on any atom is -0.488 e. The topological polar surface area (TPSA) is 79.4 Å². The van der Waals surface area contributed by atoms with Crippen LogP contribution in [0.4, 0.5) is 0 Å². The second kappa shape index (κ2) is 9.83. The van der Waals surface area contributed by atoms with Gasteiger partial charge < -0.3 is 4.74 Å². The van der Waals surface area contributed by atoms with Crippen LogP contribution in [0.2, 0.25) is 0 Å². The Morgan fingerprint density at radius 2 is 1.65 bits per heavy atom. The number of fused-ring (bicyclic) bond motifs is 1. The van der Waals surface area contributed by atoms with Gasteiger partial charge in [0.25, 0.3) is 5.91 Å². The lowest BCUT2D eigenvalue weighted by atomic mass is 10.1. The van der Waals surface area contributed by atoms with Crippen molar-refractivity contribution in [2.75, 3.05) is 0 Å². The average Bonchev–Trinajstić information content (AvgIpc) is 3.39. The Balaban J connectivity index is 1.24. The molecule has 1 amide bonds. The summed E-state index contributed by atoms with van der Waals surface area (Å²) in [4.78, 5) is 12.6. The maximum atomic E-state index is 12.6. The zero-order valence-corrected chi connectivity index (χ0v) is 18.3. The molecule has 0 saturated carbocycles. The molecule has 5 rings (SSSR count). The summed E-state index contributed by atoms with van der Waals surface area (Å²) in [6.45, 7) is 0.448. The Bertz CT molecular complexity index is 1460. The van der Waals surface area contributed by atoms with Crippen molar-refractivity contribution in [1.29, 1.82) is 0 Å². The van der Waals surface area contributed by atoms with Crippen LogP contribution in [-0.2, 0) is 6.61 Å². The molecule has 0 radical (unpaired) electrons. The minimum atomic E-state index is -0.376. The Hall–Kier alpha value is -4.71. The van der Waals surface area contributed by atoms with Gasteiger partial charge >= 0.3 is 0 Å². The molecule has 0 unspecified atom stereocenters. The number of carbonyl (C=O) groups is 1. The van der Waals surface area contributed by atoms with Crippen molar-refractivity contribution in [1.82, 2.24) is 15.6 Å². The highest BCUT2D eigenvalue weighted by atomic mass is 16.5. The normalized spacial score (nSPS) is 11.1. The van der Waals surface area contributed by atoms with Crippen LogP contribution in [-0.4, -0.2) is 22.3 Å². The number of nitrogens with one attached hydrogen (secondary N) is 2. The summed E-state index contributed by atoms with van der Waals surface area (Å²) < 4.78 is 5.93. The van der Waals surface area contributed by atoms with Crippen LogP contribution >= 0.6 is 0 Å². The summed E-state index contributed by atoms with van der Waals surface area (Å²) in [7, 11) is 0. The van der Waals surface area contributed by atoms with Crippen molar-refractivity contribution < 1.29 is 9.53 Å². The Kier molecular flexibility index (Phi) is 6.12. The van der Waals surface area contributed by atoms with Gasteiger partial charge in [0.2, 0.25) is 0 Å². The second-order valence-electron chi connectivity index (χ2n) is 7.74. The van der Waals surface area contributed by atoms with E-state index < -0.39 is 0 Å². The largest absolute Gasteiger partial charge is 0.488 e. The fourth-order valence-corrected chi connectivity index (χ4v) is 3.61. The first-order chi connectivity index (χ1) is 16.8. The zero-order chi connectivity index (χ0) is 23.2. The lowest BCUT2D eigenvalue weighted by Gasteiger charge is -2.08. The molecule has 2 N–H and O–H groups in total. The number of hydrogen-bond donors (Lipinski definition) is 2. The molecule has 0 saturated heterocycles. The van der Waals surface area contributed by atoms with Gasteiger partial charge in [0.1, 0.15) is 18.1 Å². The number of amides is 1. The molecule has 5 aromatic rings. The number of benzene rings is 4. The number of hydrazone groups is 1. The molecule has 34 heavy (non-hydrogen) atoms. The monoisotopic (exact) mass is 446 g/mol. The van der Waals surface area contributed by atoms with Crippen LogP contribution in [0.15, 0.2) is 108 Å². The summed E-state index contributed by atoms with van der Waals surface area (Å²) in [5.74, 6) is 0.308. The molecule has 4 aromatic carbocycles. The SMILES string of the molecule is O=C(N/N=C\c1ccccc1OCc1ccccc1)c1cc(-c2ccc3ccccc3c2)n[nH]1. The number of aromatic nitrogens is 2. The first-order valence-electron chi connectivity index (χ1n) is 10.9. The maximum absolute atomic E-state index is 12.6. The van der Waals surface area contributed by atoms with Gasteiger partial charge in [0.15, 0.2) is 0 Å². The third-order valence-electron chi connectivity index (χ3n) is 5.39. The predicted molar refractivity (Wildman–Crippen MR) is 134 cm³/mol. The second-order valence-corrected chi connectivity index (χ2v) is 7.74. The molecule has 1 aromatic heterocycles. The van der Waals surface area contributed by atoms with E-state index in [4.69, 9.17) is 4.74 Å². The molecule has 0 aliphatic rings. The van der Waals surface area contributed by atoms with Crippen molar-refractivity contribution in [3.05, 3.63) is 120 Å². The van der Waals surface area contributed by atoms with Crippen LogP contribution in [0, 0.1) is 0 Å². The summed E-state index contributed by atoms with van der Waals surface area (Å²) >= 11 is 0.